The fraction of sp³-hybridized carbons (Fsp3) is 0.698. The number of primary amides is 1. The Morgan fingerprint density at radius 1 is 0.906 bits per heavy atom. The average molecular weight is 885 g/mol. The highest BCUT2D eigenvalue weighted by atomic mass is 16.6. The van der Waals surface area contributed by atoms with Crippen molar-refractivity contribution in [3.05, 3.63) is 65.5 Å². The molecule has 64 heavy (non-hydrogen) atoms. The number of benzene rings is 1. The van der Waals surface area contributed by atoms with Crippen LogP contribution in [-0.2, 0) is 30.3 Å². The number of nitrogens with one attached hydrogen (secondary N) is 2. The summed E-state index contributed by atoms with van der Waals surface area (Å²) in [5.74, 6) is 3.13. The molecule has 3 amide bonds. The van der Waals surface area contributed by atoms with Gasteiger partial charge in [0, 0.05) is 31.2 Å². The number of phenols is 1. The van der Waals surface area contributed by atoms with E-state index in [2.05, 4.69) is 51.3 Å². The lowest BCUT2D eigenvalue weighted by Gasteiger charge is -2.58. The van der Waals surface area contributed by atoms with Crippen LogP contribution in [0.4, 0.5) is 4.79 Å². The molecule has 0 aromatic heterocycles. The number of carbonyl (C=O) groups excluding carboxylic acids is 4. The first-order chi connectivity index (χ1) is 30.3. The van der Waals surface area contributed by atoms with E-state index in [0.29, 0.717) is 67.0 Å². The molecule has 0 saturated heterocycles. The topological polar surface area (TPSA) is 160 Å². The molecule has 1 aliphatic heterocycles. The van der Waals surface area contributed by atoms with E-state index in [9.17, 15) is 24.3 Å². The van der Waals surface area contributed by atoms with Crippen molar-refractivity contribution in [1.82, 2.24) is 15.5 Å². The fourth-order valence-corrected chi connectivity index (χ4v) is 12.6. The minimum absolute atomic E-state index is 0.0856. The number of hydrogen-bond donors (Lipinski definition) is 4. The number of nitrogens with zero attached hydrogens (tertiary/aromatic N) is 1. The highest BCUT2D eigenvalue weighted by Crippen LogP contribution is 2.67. The van der Waals surface area contributed by atoms with Gasteiger partial charge in [-0.15, -0.1) is 0 Å². The highest BCUT2D eigenvalue weighted by Gasteiger charge is 2.59. The van der Waals surface area contributed by atoms with Gasteiger partial charge in [0.15, 0.2) is 0 Å². The Kier molecular flexibility index (Phi) is 16.1. The molecule has 5 aliphatic rings. The molecule has 1 aromatic carbocycles. The first-order valence-electron chi connectivity index (χ1n) is 24.7. The second-order valence-corrected chi connectivity index (χ2v) is 22.1. The molecular weight excluding hydrogens is 805 g/mol. The summed E-state index contributed by atoms with van der Waals surface area (Å²) in [6, 6.07) is 4.41. The molecule has 0 spiro atoms. The van der Waals surface area contributed by atoms with Gasteiger partial charge in [-0.3, -0.25) is 9.59 Å². The second-order valence-electron chi connectivity index (χ2n) is 22.1. The van der Waals surface area contributed by atoms with Crippen molar-refractivity contribution >= 4 is 23.9 Å². The van der Waals surface area contributed by atoms with Crippen molar-refractivity contribution in [2.75, 3.05) is 6.54 Å². The van der Waals surface area contributed by atoms with Crippen molar-refractivity contribution in [3.8, 4) is 5.75 Å². The number of phenolic OH excluding ortho intramolecular Hbond substituents is 1. The van der Waals surface area contributed by atoms with Gasteiger partial charge in [0.05, 0.1) is 0 Å². The number of rotatable bonds is 18. The third-order valence-electron chi connectivity index (χ3n) is 16.0. The van der Waals surface area contributed by atoms with Crippen molar-refractivity contribution < 1.29 is 33.8 Å². The van der Waals surface area contributed by atoms with E-state index in [1.165, 1.54) is 62.7 Å². The molecule has 3 fully saturated rings. The van der Waals surface area contributed by atoms with Crippen LogP contribution in [0.1, 0.15) is 157 Å². The molecule has 1 unspecified atom stereocenters. The number of carbonyl (C=O) groups is 4. The first kappa shape index (κ1) is 49.2. The van der Waals surface area contributed by atoms with Crippen LogP contribution in [0.3, 0.4) is 0 Å². The SMILES string of the molecule is CC(C)CCC[C@@H](C)[C@H]1CC[C@H]2[C@@H]3CC=C4CC(OC(=O)[C@H](CCCCN5C=CCC(C(N)=O)=C5)NC(=O)[C@H](Cc5ccc(O)cc5)NC(=O)OC(C)(C)C)CC[C@]4(C)[C@H]3CC[C@]12C. The van der Waals surface area contributed by atoms with E-state index in [0.717, 1.165) is 42.9 Å². The van der Waals surface area contributed by atoms with Crippen molar-refractivity contribution in [3.63, 3.8) is 0 Å². The Bertz CT molecular complexity index is 1900. The minimum atomic E-state index is -1.07. The molecule has 11 heteroatoms. The minimum Gasteiger partial charge on any atom is -0.508 e. The van der Waals surface area contributed by atoms with Gasteiger partial charge in [-0.05, 0) is 162 Å². The van der Waals surface area contributed by atoms with Gasteiger partial charge in [-0.2, -0.15) is 0 Å². The summed E-state index contributed by atoms with van der Waals surface area (Å²) in [6.45, 7) is 18.2. The number of amides is 3. The molecule has 5 N–H and O–H groups in total. The first-order valence-corrected chi connectivity index (χ1v) is 24.7. The van der Waals surface area contributed by atoms with Crippen LogP contribution in [0.2, 0.25) is 0 Å². The van der Waals surface area contributed by atoms with Gasteiger partial charge in [0.25, 0.3) is 0 Å². The van der Waals surface area contributed by atoms with Crippen LogP contribution >= 0.6 is 0 Å². The van der Waals surface area contributed by atoms with Gasteiger partial charge >= 0.3 is 12.1 Å². The molecule has 1 heterocycles. The van der Waals surface area contributed by atoms with Crippen LogP contribution in [-0.4, -0.2) is 64.2 Å². The Labute approximate surface area is 383 Å². The van der Waals surface area contributed by atoms with Crippen molar-refractivity contribution in [2.45, 2.75) is 182 Å². The maximum atomic E-state index is 14.3. The molecule has 11 nitrogen and oxygen atoms in total. The third kappa shape index (κ3) is 12.1. The summed E-state index contributed by atoms with van der Waals surface area (Å²) >= 11 is 0. The van der Waals surface area contributed by atoms with Gasteiger partial charge in [-0.1, -0.05) is 83.7 Å². The molecule has 0 bridgehead atoms. The summed E-state index contributed by atoms with van der Waals surface area (Å²) in [5.41, 5.74) is 7.95. The summed E-state index contributed by atoms with van der Waals surface area (Å²) in [5, 5.41) is 15.6. The Balaban J connectivity index is 1.13. The van der Waals surface area contributed by atoms with Gasteiger partial charge in [-0.25, -0.2) is 9.59 Å². The molecular formula is C53H80N4O7. The number of ether oxygens (including phenoxy) is 2. The Morgan fingerprint density at radius 2 is 1.66 bits per heavy atom. The molecule has 4 aliphatic carbocycles. The smallest absolute Gasteiger partial charge is 0.408 e. The third-order valence-corrected chi connectivity index (χ3v) is 16.0. The molecule has 0 radical (unpaired) electrons. The maximum Gasteiger partial charge on any atom is 0.408 e. The van der Waals surface area contributed by atoms with Crippen LogP contribution in [0.5, 0.6) is 5.75 Å². The fourth-order valence-electron chi connectivity index (χ4n) is 12.6. The summed E-state index contributed by atoms with van der Waals surface area (Å²) in [7, 11) is 0. The number of esters is 1. The monoisotopic (exact) mass is 885 g/mol. The number of allylic oxidation sites excluding steroid dienone is 2. The van der Waals surface area contributed by atoms with E-state index in [4.69, 9.17) is 15.2 Å². The van der Waals surface area contributed by atoms with Crippen molar-refractivity contribution in [1.29, 1.82) is 0 Å². The van der Waals surface area contributed by atoms with E-state index in [1.807, 2.05) is 17.2 Å². The Morgan fingerprint density at radius 3 is 2.36 bits per heavy atom. The van der Waals surface area contributed by atoms with Crippen LogP contribution in [0.15, 0.2) is 60.0 Å². The van der Waals surface area contributed by atoms with Gasteiger partial charge < -0.3 is 35.8 Å². The number of alkyl carbamates (subject to hydrolysis) is 1. The quantitative estimate of drug-likeness (QED) is 0.0644. The summed E-state index contributed by atoms with van der Waals surface area (Å²) in [6.07, 6.45) is 22.1. The average Bonchev–Trinajstić information content (AvgIpc) is 3.59. The van der Waals surface area contributed by atoms with Gasteiger partial charge in [0.1, 0.15) is 29.5 Å². The normalized spacial score (nSPS) is 29.0. The highest BCUT2D eigenvalue weighted by molar-refractivity contribution is 5.92. The van der Waals surface area contributed by atoms with Crippen LogP contribution < -0.4 is 16.4 Å². The largest absolute Gasteiger partial charge is 0.508 e. The molecule has 10 atom stereocenters. The molecule has 6 rings (SSSR count). The lowest BCUT2D eigenvalue weighted by Crippen LogP contribution is -2.54. The summed E-state index contributed by atoms with van der Waals surface area (Å²) < 4.78 is 11.9. The second kappa shape index (κ2) is 20.9. The predicted molar refractivity (Wildman–Crippen MR) is 251 cm³/mol. The number of unbranched alkanes of at least 4 members (excludes halogenated alkanes) is 1. The number of fused-ring (bicyclic) bond motifs is 5. The van der Waals surface area contributed by atoms with Crippen LogP contribution in [0.25, 0.3) is 0 Å². The van der Waals surface area contributed by atoms with E-state index < -0.39 is 41.6 Å². The van der Waals surface area contributed by atoms with E-state index >= 15 is 0 Å². The number of hydrogen-bond acceptors (Lipinski definition) is 8. The maximum absolute atomic E-state index is 14.3. The van der Waals surface area contributed by atoms with Crippen LogP contribution in [0, 0.1) is 46.3 Å². The molecule has 3 saturated carbocycles. The number of nitrogens with two attached hydrogens (primary N) is 1. The van der Waals surface area contributed by atoms with E-state index in [-0.39, 0.29) is 23.7 Å². The lowest BCUT2D eigenvalue weighted by molar-refractivity contribution is -0.155. The van der Waals surface area contributed by atoms with Gasteiger partial charge in [0.2, 0.25) is 11.8 Å². The zero-order valence-corrected chi connectivity index (χ0v) is 40.3. The summed E-state index contributed by atoms with van der Waals surface area (Å²) in [4.78, 5) is 55.3. The lowest BCUT2D eigenvalue weighted by atomic mass is 9.47. The van der Waals surface area contributed by atoms with E-state index in [1.54, 1.807) is 39.1 Å². The standard InChI is InChI=1S/C53H80N4O7/c1-34(2)13-11-14-35(3)42-23-24-43-41-22-19-38-32-40(25-27-52(38,7)44(41)26-28-53(42,43)8)63-49(61)45(16-9-10-29-57-30-12-15-37(33-57)47(54)59)55-48(60)46(56-50(62)64-51(4,5)6)31-36-17-20-39(58)21-18-36/h12,17-21,30,33-35,40-46,58H,9-11,13-16,22-29,31-32H2,1-8H3,(H2,54,59)(H,55,60)(H,56,62)/t35-,40?,41+,42-,43+,44+,45+,46+,52+,53-/m1/s1. The number of aromatic hydroxyl groups is 1. The van der Waals surface area contributed by atoms with Crippen molar-refractivity contribution in [2.24, 2.45) is 52.1 Å². The zero-order valence-electron chi connectivity index (χ0n) is 40.3. The predicted octanol–water partition coefficient (Wildman–Crippen LogP) is 10.0. The Hall–Kier alpha value is -4.28. The molecule has 354 valence electrons. The molecule has 1 aromatic rings. The zero-order chi connectivity index (χ0) is 46.4.